The first kappa shape index (κ1) is 18.3. The highest BCUT2D eigenvalue weighted by Crippen LogP contribution is 2.56. The third-order valence-corrected chi connectivity index (χ3v) is 6.14. The highest BCUT2D eigenvalue weighted by Gasteiger charge is 2.58. The Bertz CT molecular complexity index is 743. The van der Waals surface area contributed by atoms with Gasteiger partial charge < -0.3 is 9.88 Å². The predicted molar refractivity (Wildman–Crippen MR) is 87.7 cm³/mol. The summed E-state index contributed by atoms with van der Waals surface area (Å²) < 4.78 is 40.1. The molecule has 1 aliphatic heterocycles. The Morgan fingerprint density at radius 3 is 2.60 bits per heavy atom. The van der Waals surface area contributed by atoms with Crippen molar-refractivity contribution in [2.24, 2.45) is 11.3 Å². The minimum Gasteiger partial charge on any atom is -0.338 e. The van der Waals surface area contributed by atoms with Gasteiger partial charge in [0.05, 0.1) is 11.5 Å². The van der Waals surface area contributed by atoms with E-state index in [2.05, 4.69) is 9.97 Å². The number of nitrogens with zero attached hydrogens (tertiary/aromatic N) is 2. The lowest BCUT2D eigenvalue weighted by molar-refractivity contribution is -0.235. The summed E-state index contributed by atoms with van der Waals surface area (Å²) in [4.78, 5) is 32.3. The van der Waals surface area contributed by atoms with E-state index in [-0.39, 0.29) is 31.0 Å². The molecule has 1 amide bonds. The number of hydrogen-bond acceptors (Lipinski definition) is 4. The first-order valence-corrected chi connectivity index (χ1v) is 9.41. The first-order chi connectivity index (χ1) is 11.7. The molecule has 1 saturated heterocycles. The predicted octanol–water partition coefficient (Wildman–Crippen LogP) is 2.99. The van der Waals surface area contributed by atoms with E-state index >= 15 is 0 Å². The van der Waals surface area contributed by atoms with Crippen LogP contribution in [0.15, 0.2) is 9.82 Å². The standard InChI is InChI=1S/C16H20F3N3O2S/c1-9-11(12(25-2)21-14(24)20-9)13(23)22-7-4-10(16(17,18)19)15(8-22)5-3-6-15/h10H,3-8H2,1-2H3,(H,20,21,24). The van der Waals surface area contributed by atoms with Crippen molar-refractivity contribution in [2.75, 3.05) is 19.3 Å². The van der Waals surface area contributed by atoms with Crippen LogP contribution >= 0.6 is 11.8 Å². The maximum atomic E-state index is 13.4. The highest BCUT2D eigenvalue weighted by molar-refractivity contribution is 7.98. The summed E-state index contributed by atoms with van der Waals surface area (Å²) in [5.41, 5.74) is -0.707. The van der Waals surface area contributed by atoms with Gasteiger partial charge in [-0.2, -0.15) is 18.2 Å². The van der Waals surface area contributed by atoms with Crippen LogP contribution < -0.4 is 5.69 Å². The Kier molecular flexibility index (Phi) is 4.63. The quantitative estimate of drug-likeness (QED) is 0.638. The summed E-state index contributed by atoms with van der Waals surface area (Å²) in [6.45, 7) is 1.79. The van der Waals surface area contributed by atoms with Crippen molar-refractivity contribution in [3.8, 4) is 0 Å². The van der Waals surface area contributed by atoms with E-state index in [1.54, 1.807) is 13.2 Å². The molecule has 1 spiro atoms. The van der Waals surface area contributed by atoms with Gasteiger partial charge in [0.1, 0.15) is 5.03 Å². The number of alkyl halides is 3. The summed E-state index contributed by atoms with van der Waals surface area (Å²) in [6, 6.07) is 0. The largest absolute Gasteiger partial charge is 0.392 e. The van der Waals surface area contributed by atoms with Crippen LogP contribution in [-0.2, 0) is 0 Å². The molecule has 138 valence electrons. The molecule has 1 aliphatic carbocycles. The topological polar surface area (TPSA) is 66.1 Å². The molecule has 2 aliphatic rings. The van der Waals surface area contributed by atoms with Gasteiger partial charge in [-0.1, -0.05) is 6.42 Å². The average molecular weight is 375 g/mol. The molecule has 2 fully saturated rings. The van der Waals surface area contributed by atoms with Crippen LogP contribution in [0.25, 0.3) is 0 Å². The number of carbonyl (C=O) groups excluding carboxylic acids is 1. The van der Waals surface area contributed by atoms with Crippen LogP contribution in [0.3, 0.4) is 0 Å². The summed E-state index contributed by atoms with van der Waals surface area (Å²) >= 11 is 1.18. The molecular weight excluding hydrogens is 355 g/mol. The number of rotatable bonds is 2. The molecule has 3 rings (SSSR count). The van der Waals surface area contributed by atoms with Crippen molar-refractivity contribution in [1.82, 2.24) is 14.9 Å². The van der Waals surface area contributed by atoms with Gasteiger partial charge in [0.2, 0.25) is 0 Å². The summed E-state index contributed by atoms with van der Waals surface area (Å²) in [6.07, 6.45) is -0.821. The number of aromatic nitrogens is 2. The average Bonchev–Trinajstić information content (AvgIpc) is 2.50. The minimum absolute atomic E-state index is 0.0666. The van der Waals surface area contributed by atoms with Gasteiger partial charge in [-0.05, 0) is 37.9 Å². The summed E-state index contributed by atoms with van der Waals surface area (Å²) in [5, 5.41) is 0.312. The molecule has 2 heterocycles. The second-order valence-corrected chi connectivity index (χ2v) is 7.67. The van der Waals surface area contributed by atoms with Gasteiger partial charge in [0.15, 0.2) is 0 Å². The number of aromatic amines is 1. The fourth-order valence-electron chi connectivity index (χ4n) is 4.10. The minimum atomic E-state index is -4.23. The van der Waals surface area contributed by atoms with E-state index in [0.717, 1.165) is 6.42 Å². The van der Waals surface area contributed by atoms with Crippen molar-refractivity contribution >= 4 is 17.7 Å². The lowest BCUT2D eigenvalue weighted by Gasteiger charge is -2.54. The van der Waals surface area contributed by atoms with Crippen LogP contribution in [0.2, 0.25) is 0 Å². The molecule has 1 unspecified atom stereocenters. The number of aryl methyl sites for hydroxylation is 1. The Morgan fingerprint density at radius 1 is 1.40 bits per heavy atom. The fourth-order valence-corrected chi connectivity index (χ4v) is 4.72. The number of piperidine rings is 1. The van der Waals surface area contributed by atoms with Crippen molar-refractivity contribution in [2.45, 2.75) is 43.8 Å². The molecule has 1 aromatic rings. The zero-order valence-corrected chi connectivity index (χ0v) is 14.9. The molecule has 0 radical (unpaired) electrons. The molecule has 1 atom stereocenters. The number of thioether (sulfide) groups is 1. The SMILES string of the molecule is CSc1nc(=O)[nH]c(C)c1C(=O)N1CCC(C(F)(F)F)C2(CCC2)C1. The maximum absolute atomic E-state index is 13.4. The third-order valence-electron chi connectivity index (χ3n) is 5.46. The van der Waals surface area contributed by atoms with Gasteiger partial charge in [0.25, 0.3) is 5.91 Å². The Labute approximate surface area is 147 Å². The van der Waals surface area contributed by atoms with Crippen LogP contribution in [0.5, 0.6) is 0 Å². The molecule has 25 heavy (non-hydrogen) atoms. The molecule has 5 nitrogen and oxygen atoms in total. The van der Waals surface area contributed by atoms with Crippen molar-refractivity contribution in [3.05, 3.63) is 21.7 Å². The number of carbonyl (C=O) groups is 1. The number of likely N-dealkylation sites (tertiary alicyclic amines) is 1. The van der Waals surface area contributed by atoms with E-state index in [9.17, 15) is 22.8 Å². The number of hydrogen-bond donors (Lipinski definition) is 1. The number of amides is 1. The Morgan fingerprint density at radius 2 is 2.08 bits per heavy atom. The van der Waals surface area contributed by atoms with E-state index in [4.69, 9.17) is 0 Å². The van der Waals surface area contributed by atoms with Gasteiger partial charge in [-0.25, -0.2) is 4.79 Å². The molecule has 0 aromatic carbocycles. The van der Waals surface area contributed by atoms with Crippen molar-refractivity contribution in [1.29, 1.82) is 0 Å². The van der Waals surface area contributed by atoms with E-state index in [0.29, 0.717) is 23.6 Å². The molecule has 1 aromatic heterocycles. The molecule has 1 N–H and O–H groups in total. The molecule has 1 saturated carbocycles. The number of nitrogens with one attached hydrogen (secondary N) is 1. The van der Waals surface area contributed by atoms with Gasteiger partial charge in [-0.3, -0.25) is 4.79 Å². The van der Waals surface area contributed by atoms with Crippen molar-refractivity contribution < 1.29 is 18.0 Å². The van der Waals surface area contributed by atoms with Crippen LogP contribution in [0.1, 0.15) is 41.7 Å². The fraction of sp³-hybridized carbons (Fsp3) is 0.688. The smallest absolute Gasteiger partial charge is 0.338 e. The summed E-state index contributed by atoms with van der Waals surface area (Å²) in [7, 11) is 0. The zero-order valence-electron chi connectivity index (χ0n) is 14.1. The van der Waals surface area contributed by atoms with E-state index < -0.39 is 23.2 Å². The van der Waals surface area contributed by atoms with E-state index in [1.807, 2.05) is 0 Å². The highest BCUT2D eigenvalue weighted by atomic mass is 32.2. The molecule has 0 bridgehead atoms. The maximum Gasteiger partial charge on any atom is 0.392 e. The van der Waals surface area contributed by atoms with Gasteiger partial charge in [0, 0.05) is 18.8 Å². The lowest BCUT2D eigenvalue weighted by Crippen LogP contribution is -2.57. The van der Waals surface area contributed by atoms with Crippen LogP contribution in [0.4, 0.5) is 13.2 Å². The zero-order chi connectivity index (χ0) is 18.4. The van der Waals surface area contributed by atoms with Crippen molar-refractivity contribution in [3.63, 3.8) is 0 Å². The lowest BCUT2D eigenvalue weighted by atomic mass is 9.58. The Hall–Kier alpha value is -1.51. The summed E-state index contributed by atoms with van der Waals surface area (Å²) in [5.74, 6) is -1.69. The van der Waals surface area contributed by atoms with Gasteiger partial charge >= 0.3 is 11.9 Å². The molecular formula is C16H20F3N3O2S. The third kappa shape index (κ3) is 3.18. The van der Waals surface area contributed by atoms with E-state index in [1.165, 1.54) is 16.7 Å². The monoisotopic (exact) mass is 375 g/mol. The normalized spacial score (nSPS) is 22.8. The Balaban J connectivity index is 1.89. The van der Waals surface area contributed by atoms with Gasteiger partial charge in [-0.15, -0.1) is 11.8 Å². The molecule has 9 heteroatoms. The van der Waals surface area contributed by atoms with Crippen LogP contribution in [0, 0.1) is 18.3 Å². The first-order valence-electron chi connectivity index (χ1n) is 8.19. The second kappa shape index (κ2) is 6.34. The second-order valence-electron chi connectivity index (χ2n) is 6.88. The number of halogens is 3. The number of H-pyrrole nitrogens is 1. The van der Waals surface area contributed by atoms with Crippen LogP contribution in [-0.4, -0.2) is 46.3 Å².